The number of carbonyl (C=O) groups is 1. The molecule has 4 rings (SSSR count). The number of hydrogen-bond donors (Lipinski definition) is 1. The van der Waals surface area contributed by atoms with E-state index in [2.05, 4.69) is 16.2 Å². The molecular weight excluding hydrogens is 610 g/mol. The van der Waals surface area contributed by atoms with Gasteiger partial charge in [0.2, 0.25) is 0 Å². The quantitative estimate of drug-likeness (QED) is 0.207. The first-order chi connectivity index (χ1) is 15.7. The molecule has 34 heavy (non-hydrogen) atoms. The fourth-order valence-electron chi connectivity index (χ4n) is 3.26. The Balaban J connectivity index is 0.000000253. The molecule has 1 N–H and O–H groups in total. The number of allylic oxidation sites excluding steroid dienone is 1. The number of carbonyl (C=O) groups excluding carboxylic acids is 1. The average molecular weight is 637 g/mol. The van der Waals surface area contributed by atoms with Crippen LogP contribution in [0.5, 0.6) is 0 Å². The van der Waals surface area contributed by atoms with Crippen LogP contribution in [0, 0.1) is 17.3 Å². The van der Waals surface area contributed by atoms with E-state index < -0.39 is 0 Å². The summed E-state index contributed by atoms with van der Waals surface area (Å²) in [7, 11) is 0. The second-order valence-corrected chi connectivity index (χ2v) is 8.83. The Morgan fingerprint density at radius 3 is 2.29 bits per heavy atom. The Morgan fingerprint density at radius 1 is 1.06 bits per heavy atom. The van der Waals surface area contributed by atoms with Gasteiger partial charge in [0.25, 0.3) is 5.91 Å². The molecule has 0 saturated carbocycles. The standard InChI is InChI=1S/C16H20N2O2.C11H7FN.Ir/c1-11-14(13(19)10-16(2,3)4)15(20)18(17-11)12-8-6-5-7-9-12;12-10-6-4-9(5-7-10)11-3-1-2-8-13-11;/h5-9,19H,10H2,1-4H3;1-4,6-8H;/q;-1;/b14-13-;;. The Morgan fingerprint density at radius 2 is 1.74 bits per heavy atom. The number of aromatic nitrogens is 1. The van der Waals surface area contributed by atoms with Gasteiger partial charge in [-0.2, -0.15) is 10.1 Å². The number of rotatable bonds is 3. The zero-order valence-electron chi connectivity index (χ0n) is 19.5. The van der Waals surface area contributed by atoms with Crippen molar-refractivity contribution in [2.75, 3.05) is 5.01 Å². The van der Waals surface area contributed by atoms with Gasteiger partial charge in [0, 0.05) is 38.5 Å². The van der Waals surface area contributed by atoms with Crippen LogP contribution in [-0.2, 0) is 24.9 Å². The Kier molecular flexibility index (Phi) is 9.42. The van der Waals surface area contributed by atoms with Crippen LogP contribution in [0.25, 0.3) is 11.3 Å². The van der Waals surface area contributed by atoms with E-state index in [-0.39, 0.29) is 43.0 Å². The molecule has 0 unspecified atom stereocenters. The van der Waals surface area contributed by atoms with Crippen LogP contribution in [0.3, 0.4) is 0 Å². The zero-order chi connectivity index (χ0) is 24.0. The maximum absolute atomic E-state index is 12.6. The van der Waals surface area contributed by atoms with Crippen molar-refractivity contribution < 1.29 is 34.4 Å². The molecule has 0 bridgehead atoms. The van der Waals surface area contributed by atoms with Crippen LogP contribution in [0.4, 0.5) is 10.1 Å². The molecule has 0 fully saturated rings. The maximum atomic E-state index is 12.6. The average Bonchev–Trinajstić information content (AvgIpc) is 3.09. The predicted octanol–water partition coefficient (Wildman–Crippen LogP) is 6.34. The summed E-state index contributed by atoms with van der Waals surface area (Å²) >= 11 is 0. The van der Waals surface area contributed by atoms with Crippen LogP contribution in [0.2, 0.25) is 0 Å². The summed E-state index contributed by atoms with van der Waals surface area (Å²) in [4.78, 5) is 16.6. The van der Waals surface area contributed by atoms with Crippen molar-refractivity contribution in [3.8, 4) is 11.3 Å². The molecular formula is C27H27FIrN3O2-. The summed E-state index contributed by atoms with van der Waals surface area (Å²) in [5, 5.41) is 15.8. The molecule has 3 aromatic rings. The third kappa shape index (κ3) is 7.17. The molecule has 0 saturated heterocycles. The third-order valence-corrected chi connectivity index (χ3v) is 4.72. The topological polar surface area (TPSA) is 65.8 Å². The normalized spacial score (nSPS) is 14.6. The number of amides is 1. The van der Waals surface area contributed by atoms with Gasteiger partial charge in [-0.1, -0.05) is 51.1 Å². The molecule has 2 aromatic carbocycles. The minimum Gasteiger partial charge on any atom is -0.511 e. The minimum atomic E-state index is -0.278. The van der Waals surface area contributed by atoms with Crippen molar-refractivity contribution in [2.45, 2.75) is 34.1 Å². The number of hydrazone groups is 1. The first kappa shape index (κ1) is 27.1. The summed E-state index contributed by atoms with van der Waals surface area (Å²) in [5.41, 5.74) is 3.11. The van der Waals surface area contributed by atoms with E-state index in [1.165, 1.54) is 17.1 Å². The van der Waals surface area contributed by atoms with E-state index in [4.69, 9.17) is 0 Å². The van der Waals surface area contributed by atoms with Gasteiger partial charge in [-0.3, -0.25) is 9.18 Å². The van der Waals surface area contributed by atoms with Gasteiger partial charge in [-0.05, 0) is 36.2 Å². The van der Waals surface area contributed by atoms with Crippen LogP contribution in [0.1, 0.15) is 34.1 Å². The van der Waals surface area contributed by atoms with Gasteiger partial charge in [-0.25, -0.2) is 0 Å². The fourth-order valence-corrected chi connectivity index (χ4v) is 3.26. The molecule has 7 heteroatoms. The van der Waals surface area contributed by atoms with Gasteiger partial charge in [0.15, 0.2) is 0 Å². The van der Waals surface area contributed by atoms with E-state index in [0.717, 1.165) is 11.3 Å². The summed E-state index contributed by atoms with van der Waals surface area (Å²) in [6.07, 6.45) is 2.15. The molecule has 0 aliphatic carbocycles. The predicted molar refractivity (Wildman–Crippen MR) is 129 cm³/mol. The molecule has 1 aliphatic rings. The van der Waals surface area contributed by atoms with Gasteiger partial charge in [0.1, 0.15) is 11.3 Å². The Hall–Kier alpha value is -3.15. The first-order valence-corrected chi connectivity index (χ1v) is 10.6. The molecule has 1 amide bonds. The number of nitrogens with zero attached hydrogens (tertiary/aromatic N) is 3. The molecule has 5 nitrogen and oxygen atoms in total. The number of hydrogen-bond acceptors (Lipinski definition) is 4. The number of benzene rings is 2. The maximum Gasteiger partial charge on any atom is 0.284 e. The first-order valence-electron chi connectivity index (χ1n) is 10.6. The molecule has 0 atom stereocenters. The molecule has 1 aromatic heterocycles. The largest absolute Gasteiger partial charge is 0.511 e. The van der Waals surface area contributed by atoms with Gasteiger partial charge in [-0.15, -0.1) is 29.8 Å². The van der Waals surface area contributed by atoms with Gasteiger partial charge < -0.3 is 10.1 Å². The number of pyridine rings is 1. The van der Waals surface area contributed by atoms with E-state index in [1.54, 1.807) is 19.2 Å². The summed E-state index contributed by atoms with van der Waals surface area (Å²) < 4.78 is 12.6. The number of halogens is 1. The number of aliphatic hydroxyl groups excluding tert-OH is 1. The monoisotopic (exact) mass is 637 g/mol. The van der Waals surface area contributed by atoms with Crippen molar-refractivity contribution >= 4 is 17.3 Å². The second kappa shape index (κ2) is 11.8. The number of aliphatic hydroxyl groups is 1. The van der Waals surface area contributed by atoms with E-state index >= 15 is 0 Å². The van der Waals surface area contributed by atoms with Crippen molar-refractivity contribution in [3.05, 3.63) is 96.1 Å². The van der Waals surface area contributed by atoms with Crippen molar-refractivity contribution in [1.82, 2.24) is 4.98 Å². The van der Waals surface area contributed by atoms with E-state index in [0.29, 0.717) is 23.4 Å². The summed E-state index contributed by atoms with van der Waals surface area (Å²) in [5.74, 6) is -0.433. The molecule has 2 heterocycles. The van der Waals surface area contributed by atoms with Crippen LogP contribution in [0.15, 0.2) is 89.4 Å². The van der Waals surface area contributed by atoms with Crippen LogP contribution >= 0.6 is 0 Å². The van der Waals surface area contributed by atoms with E-state index in [1.807, 2.05) is 69.3 Å². The zero-order valence-corrected chi connectivity index (χ0v) is 21.9. The minimum absolute atomic E-state index is 0. The van der Waals surface area contributed by atoms with Crippen molar-refractivity contribution in [1.29, 1.82) is 0 Å². The number of anilines is 1. The van der Waals surface area contributed by atoms with Gasteiger partial charge >= 0.3 is 0 Å². The fraction of sp³-hybridized carbons (Fsp3) is 0.222. The molecule has 179 valence electrons. The number of para-hydroxylation sites is 1. The van der Waals surface area contributed by atoms with Crippen LogP contribution in [-0.4, -0.2) is 21.7 Å². The third-order valence-electron chi connectivity index (χ3n) is 4.72. The van der Waals surface area contributed by atoms with Crippen molar-refractivity contribution in [2.24, 2.45) is 10.5 Å². The Bertz CT molecular complexity index is 1160. The molecule has 1 radical (unpaired) electrons. The Labute approximate surface area is 213 Å². The smallest absolute Gasteiger partial charge is 0.284 e. The molecule has 1 aliphatic heterocycles. The SMILES string of the molecule is CC1=NN(c2ccccc2)C(=O)/C1=C(\O)CC(C)(C)C.Fc1c[c-]c(-c2ccccn2)cc1.[Ir]. The summed E-state index contributed by atoms with van der Waals surface area (Å²) in [6, 6.07) is 22.0. The van der Waals surface area contributed by atoms with Crippen molar-refractivity contribution in [3.63, 3.8) is 0 Å². The molecule has 0 spiro atoms. The second-order valence-electron chi connectivity index (χ2n) is 8.83. The summed E-state index contributed by atoms with van der Waals surface area (Å²) in [6.45, 7) is 7.80. The van der Waals surface area contributed by atoms with Crippen LogP contribution < -0.4 is 5.01 Å². The van der Waals surface area contributed by atoms with Gasteiger partial charge in [0.05, 0.1) is 11.4 Å². The van der Waals surface area contributed by atoms with E-state index in [9.17, 15) is 14.3 Å².